The summed E-state index contributed by atoms with van der Waals surface area (Å²) in [6.45, 7) is 7.54. The molecule has 0 bridgehead atoms. The number of nitrogens with zero attached hydrogens (tertiary/aromatic N) is 1. The second-order valence-electron chi connectivity index (χ2n) is 5.98. The lowest BCUT2D eigenvalue weighted by molar-refractivity contribution is -0.164. The van der Waals surface area contributed by atoms with Crippen molar-refractivity contribution in [3.05, 3.63) is 0 Å². The predicted molar refractivity (Wildman–Crippen MR) is 70.5 cm³/mol. The molecule has 3 rings (SSSR count). The molecule has 1 atom stereocenters. The van der Waals surface area contributed by atoms with Gasteiger partial charge in [-0.3, -0.25) is 4.90 Å². The molecular weight excluding hydrogens is 228 g/mol. The van der Waals surface area contributed by atoms with Gasteiger partial charge in [-0.1, -0.05) is 6.92 Å². The van der Waals surface area contributed by atoms with E-state index in [0.29, 0.717) is 6.04 Å². The van der Waals surface area contributed by atoms with Gasteiger partial charge in [0, 0.05) is 38.5 Å². The highest BCUT2D eigenvalue weighted by atomic mass is 16.7. The van der Waals surface area contributed by atoms with E-state index in [-0.39, 0.29) is 11.9 Å². The third-order valence-electron chi connectivity index (χ3n) is 4.50. The van der Waals surface area contributed by atoms with Crippen molar-refractivity contribution < 1.29 is 9.47 Å². The Bertz CT molecular complexity index is 275. The van der Waals surface area contributed by atoms with Gasteiger partial charge in [0.05, 0.1) is 12.7 Å². The van der Waals surface area contributed by atoms with Crippen molar-refractivity contribution in [1.82, 2.24) is 10.2 Å². The molecule has 18 heavy (non-hydrogen) atoms. The molecule has 0 aromatic carbocycles. The predicted octanol–water partition coefficient (Wildman–Crippen LogP) is 1.36. The summed E-state index contributed by atoms with van der Waals surface area (Å²) in [5.74, 6) is -0.194. The maximum atomic E-state index is 6.22. The Morgan fingerprint density at radius 2 is 2.06 bits per heavy atom. The van der Waals surface area contributed by atoms with Gasteiger partial charge in [0.15, 0.2) is 5.79 Å². The quantitative estimate of drug-likeness (QED) is 0.803. The van der Waals surface area contributed by atoms with Crippen LogP contribution in [0.2, 0.25) is 0 Å². The Kier molecular flexibility index (Phi) is 3.89. The maximum absolute atomic E-state index is 6.22. The second-order valence-corrected chi connectivity index (χ2v) is 5.98. The lowest BCUT2D eigenvalue weighted by Gasteiger charge is -2.39. The van der Waals surface area contributed by atoms with E-state index in [1.807, 2.05) is 0 Å². The molecule has 104 valence electrons. The first-order chi connectivity index (χ1) is 8.81. The van der Waals surface area contributed by atoms with Crippen molar-refractivity contribution >= 4 is 0 Å². The molecule has 4 nitrogen and oxygen atoms in total. The van der Waals surface area contributed by atoms with Crippen LogP contribution in [0.15, 0.2) is 0 Å². The van der Waals surface area contributed by atoms with E-state index < -0.39 is 0 Å². The minimum Gasteiger partial charge on any atom is -0.347 e. The van der Waals surface area contributed by atoms with E-state index in [4.69, 9.17) is 9.47 Å². The first-order valence-electron chi connectivity index (χ1n) is 7.58. The Balaban J connectivity index is 1.52. The van der Waals surface area contributed by atoms with Gasteiger partial charge < -0.3 is 14.8 Å². The van der Waals surface area contributed by atoms with Crippen LogP contribution in [-0.4, -0.2) is 55.6 Å². The maximum Gasteiger partial charge on any atom is 0.168 e. The lowest BCUT2D eigenvalue weighted by Crippen LogP contribution is -2.58. The van der Waals surface area contributed by atoms with E-state index in [1.165, 1.54) is 25.8 Å². The van der Waals surface area contributed by atoms with Gasteiger partial charge in [0.25, 0.3) is 0 Å². The Morgan fingerprint density at radius 3 is 2.67 bits per heavy atom. The fourth-order valence-electron chi connectivity index (χ4n) is 3.39. The van der Waals surface area contributed by atoms with Crippen molar-refractivity contribution in [3.8, 4) is 0 Å². The number of hydrogen-bond donors (Lipinski definition) is 1. The summed E-state index contributed by atoms with van der Waals surface area (Å²) in [6.07, 6.45) is 6.23. The molecule has 2 heterocycles. The topological polar surface area (TPSA) is 33.7 Å². The Hall–Kier alpha value is -0.160. The van der Waals surface area contributed by atoms with Gasteiger partial charge in [0.1, 0.15) is 0 Å². The molecule has 0 amide bonds. The van der Waals surface area contributed by atoms with Crippen LogP contribution in [0.3, 0.4) is 0 Å². The van der Waals surface area contributed by atoms with Crippen LogP contribution in [0.4, 0.5) is 0 Å². The molecule has 1 aliphatic carbocycles. The van der Waals surface area contributed by atoms with Gasteiger partial charge >= 0.3 is 0 Å². The first kappa shape index (κ1) is 12.9. The van der Waals surface area contributed by atoms with Crippen LogP contribution in [0.1, 0.15) is 39.0 Å². The largest absolute Gasteiger partial charge is 0.347 e. The SMILES string of the molecule is CCCN(CC1COC2(CCCC2)O1)C1CNC1. The number of nitrogens with one attached hydrogen (secondary N) is 1. The van der Waals surface area contributed by atoms with Gasteiger partial charge in [-0.25, -0.2) is 0 Å². The van der Waals surface area contributed by atoms with E-state index in [9.17, 15) is 0 Å². The molecule has 4 heteroatoms. The normalized spacial score (nSPS) is 31.3. The minimum absolute atomic E-state index is 0.194. The van der Waals surface area contributed by atoms with E-state index >= 15 is 0 Å². The highest BCUT2D eigenvalue weighted by molar-refractivity contribution is 4.89. The molecule has 2 saturated heterocycles. The summed E-state index contributed by atoms with van der Waals surface area (Å²) < 4.78 is 12.2. The highest BCUT2D eigenvalue weighted by Gasteiger charge is 2.44. The fraction of sp³-hybridized carbons (Fsp3) is 1.00. The smallest absolute Gasteiger partial charge is 0.168 e. The van der Waals surface area contributed by atoms with Crippen molar-refractivity contribution in [2.45, 2.75) is 57.0 Å². The fourth-order valence-corrected chi connectivity index (χ4v) is 3.39. The second kappa shape index (κ2) is 5.45. The molecule has 2 aliphatic heterocycles. The molecule has 0 aromatic rings. The zero-order valence-electron chi connectivity index (χ0n) is 11.5. The van der Waals surface area contributed by atoms with Crippen LogP contribution >= 0.6 is 0 Å². The molecule has 1 saturated carbocycles. The van der Waals surface area contributed by atoms with Gasteiger partial charge in [-0.2, -0.15) is 0 Å². The molecule has 0 aromatic heterocycles. The zero-order chi connectivity index (χ0) is 12.4. The Labute approximate surface area is 110 Å². The molecule has 1 spiro atoms. The van der Waals surface area contributed by atoms with Crippen LogP contribution < -0.4 is 5.32 Å². The summed E-state index contributed by atoms with van der Waals surface area (Å²) in [7, 11) is 0. The number of rotatable bonds is 5. The van der Waals surface area contributed by atoms with Crippen LogP contribution in [0, 0.1) is 0 Å². The van der Waals surface area contributed by atoms with Gasteiger partial charge in [-0.15, -0.1) is 0 Å². The average molecular weight is 254 g/mol. The first-order valence-corrected chi connectivity index (χ1v) is 7.58. The molecule has 3 aliphatic rings. The number of hydrogen-bond acceptors (Lipinski definition) is 4. The van der Waals surface area contributed by atoms with E-state index in [0.717, 1.165) is 39.1 Å². The summed E-state index contributed by atoms with van der Waals surface area (Å²) in [5, 5.41) is 3.36. The minimum atomic E-state index is -0.194. The highest BCUT2D eigenvalue weighted by Crippen LogP contribution is 2.39. The summed E-state index contributed by atoms with van der Waals surface area (Å²) >= 11 is 0. The van der Waals surface area contributed by atoms with Crippen molar-refractivity contribution in [2.75, 3.05) is 32.8 Å². The van der Waals surface area contributed by atoms with Crippen molar-refractivity contribution in [2.24, 2.45) is 0 Å². The molecular formula is C14H26N2O2. The van der Waals surface area contributed by atoms with Crippen LogP contribution in [-0.2, 0) is 9.47 Å². The van der Waals surface area contributed by atoms with Gasteiger partial charge in [-0.05, 0) is 25.8 Å². The Morgan fingerprint density at radius 1 is 1.28 bits per heavy atom. The summed E-state index contributed by atoms with van der Waals surface area (Å²) in [5.41, 5.74) is 0. The average Bonchev–Trinajstić information content (AvgIpc) is 2.88. The summed E-state index contributed by atoms with van der Waals surface area (Å²) in [4.78, 5) is 2.58. The van der Waals surface area contributed by atoms with E-state index in [1.54, 1.807) is 0 Å². The molecule has 3 fully saturated rings. The third kappa shape index (κ3) is 2.57. The van der Waals surface area contributed by atoms with Crippen molar-refractivity contribution in [1.29, 1.82) is 0 Å². The summed E-state index contributed by atoms with van der Waals surface area (Å²) in [6, 6.07) is 0.716. The van der Waals surface area contributed by atoms with Crippen LogP contribution in [0.25, 0.3) is 0 Å². The number of ether oxygens (including phenoxy) is 2. The van der Waals surface area contributed by atoms with Crippen LogP contribution in [0.5, 0.6) is 0 Å². The standard InChI is InChI=1S/C14H26N2O2/c1-2-7-16(12-8-15-9-12)10-13-11-17-14(18-13)5-3-4-6-14/h12-13,15H,2-11H2,1H3. The lowest BCUT2D eigenvalue weighted by atomic mass is 10.1. The van der Waals surface area contributed by atoms with Gasteiger partial charge in [0.2, 0.25) is 0 Å². The zero-order valence-corrected chi connectivity index (χ0v) is 11.5. The molecule has 1 unspecified atom stereocenters. The monoisotopic (exact) mass is 254 g/mol. The molecule has 0 radical (unpaired) electrons. The van der Waals surface area contributed by atoms with Crippen molar-refractivity contribution in [3.63, 3.8) is 0 Å². The van der Waals surface area contributed by atoms with E-state index in [2.05, 4.69) is 17.1 Å². The molecule has 1 N–H and O–H groups in total. The third-order valence-corrected chi connectivity index (χ3v) is 4.50.